The van der Waals surface area contributed by atoms with Gasteiger partial charge in [0.05, 0.1) is 5.71 Å². The van der Waals surface area contributed by atoms with Crippen molar-refractivity contribution in [1.82, 2.24) is 0 Å². The van der Waals surface area contributed by atoms with Crippen molar-refractivity contribution >= 4 is 30.4 Å². The number of oxime groups is 1. The van der Waals surface area contributed by atoms with Crippen LogP contribution in [0.4, 0.5) is 0 Å². The van der Waals surface area contributed by atoms with Crippen molar-refractivity contribution in [2.24, 2.45) is 10.6 Å². The molecule has 9 nitrogen and oxygen atoms in total. The van der Waals surface area contributed by atoms with Crippen LogP contribution in [0.5, 0.6) is 0 Å². The maximum Gasteiger partial charge on any atom is 0.351 e. The third kappa shape index (κ3) is 6.39. The Hall–Kier alpha value is -2.60. The summed E-state index contributed by atoms with van der Waals surface area (Å²) < 4.78 is 43.1. The Kier molecular flexibility index (Phi) is 9.52. The highest BCUT2D eigenvalue weighted by Crippen LogP contribution is 2.54. The molecule has 52 heavy (non-hydrogen) atoms. The minimum Gasteiger partial charge on any atom is -0.454 e. The zero-order valence-electron chi connectivity index (χ0n) is 31.8. The van der Waals surface area contributed by atoms with Crippen LogP contribution >= 0.6 is 0 Å². The van der Waals surface area contributed by atoms with Gasteiger partial charge in [0.1, 0.15) is 30.5 Å². The van der Waals surface area contributed by atoms with Gasteiger partial charge in [-0.1, -0.05) is 120 Å². The number of nitrogens with zero attached hydrogens (tertiary/aromatic N) is 1. The van der Waals surface area contributed by atoms with E-state index in [0.29, 0.717) is 6.42 Å². The maximum atomic E-state index is 14.3. The van der Waals surface area contributed by atoms with Crippen LogP contribution in [0.1, 0.15) is 112 Å². The molecule has 2 saturated heterocycles. The van der Waals surface area contributed by atoms with Crippen LogP contribution in [0.25, 0.3) is 0 Å². The molecule has 0 aromatic heterocycles. The van der Waals surface area contributed by atoms with Crippen molar-refractivity contribution in [3.8, 4) is 0 Å². The van der Waals surface area contributed by atoms with E-state index < -0.39 is 68.6 Å². The average molecular weight is 732 g/mol. The molecule has 0 bridgehead atoms. The number of esters is 1. The van der Waals surface area contributed by atoms with Gasteiger partial charge in [0.2, 0.25) is 6.10 Å². The number of ether oxygens (including phenoxy) is 5. The number of hydrogen-bond acceptors (Lipinski definition) is 9. The Morgan fingerprint density at radius 2 is 1.13 bits per heavy atom. The van der Waals surface area contributed by atoms with Crippen molar-refractivity contribution in [3.05, 3.63) is 60.7 Å². The van der Waals surface area contributed by atoms with Crippen LogP contribution in [0, 0.1) is 5.41 Å². The number of carbonyl (C=O) groups excluding carboxylic acids is 1. The van der Waals surface area contributed by atoms with Crippen LogP contribution in [0.15, 0.2) is 65.8 Å². The van der Waals surface area contributed by atoms with E-state index in [-0.39, 0.29) is 10.5 Å². The van der Waals surface area contributed by atoms with Crippen LogP contribution in [-0.2, 0) is 37.7 Å². The molecular formula is C42H57NO8Si. The zero-order chi connectivity index (χ0) is 36.4. The monoisotopic (exact) mass is 731 g/mol. The lowest BCUT2D eigenvalue weighted by Gasteiger charge is -2.50. The zero-order valence-corrected chi connectivity index (χ0v) is 32.8. The van der Waals surface area contributed by atoms with Crippen LogP contribution < -0.4 is 10.4 Å². The lowest BCUT2D eigenvalue weighted by atomic mass is 9.84. The van der Waals surface area contributed by atoms with E-state index >= 15 is 0 Å². The number of carbonyl (C=O) groups is 1. The van der Waals surface area contributed by atoms with E-state index in [1.807, 2.05) is 12.1 Å². The van der Waals surface area contributed by atoms with Crippen LogP contribution in [0.3, 0.4) is 0 Å². The molecule has 3 heterocycles. The molecule has 3 aliphatic carbocycles. The molecule has 6 aliphatic rings. The molecule has 2 aromatic rings. The first-order valence-electron chi connectivity index (χ1n) is 19.8. The summed E-state index contributed by atoms with van der Waals surface area (Å²) in [4.78, 5) is 20.1. The SMILES string of the molecule is CC(C)(C)C1=NO[C@@H](C(=O)O[C@H]2[C@@H]3OC4(CCCCC4)O[C@@H]3[C@H]3OC4(CCCCC4)O[C@H]3[C@@H]2O[Si](c2ccccc2)(c2ccccc2)C(C)(C)C)C1. The van der Waals surface area contributed by atoms with Crippen molar-refractivity contribution in [1.29, 1.82) is 0 Å². The number of fused-ring (bicyclic) bond motifs is 3. The summed E-state index contributed by atoms with van der Waals surface area (Å²) in [5.74, 6) is -1.96. The van der Waals surface area contributed by atoms with Gasteiger partial charge in [-0.2, -0.15) is 0 Å². The largest absolute Gasteiger partial charge is 0.454 e. The number of rotatable bonds is 6. The summed E-state index contributed by atoms with van der Waals surface area (Å²) in [6, 6.07) is 21.2. The molecule has 3 aliphatic heterocycles. The fraction of sp³-hybridized carbons (Fsp3) is 0.667. The molecule has 7 atom stereocenters. The second-order valence-corrected chi connectivity index (χ2v) is 22.3. The Morgan fingerprint density at radius 3 is 1.58 bits per heavy atom. The van der Waals surface area contributed by atoms with Crippen LogP contribution in [0.2, 0.25) is 5.04 Å². The molecular weight excluding hydrogens is 675 g/mol. The third-order valence-corrected chi connectivity index (χ3v) is 17.4. The molecule has 0 N–H and O–H groups in total. The van der Waals surface area contributed by atoms with Gasteiger partial charge in [-0.05, 0) is 41.1 Å². The summed E-state index contributed by atoms with van der Waals surface area (Å²) in [6.45, 7) is 13.0. The Morgan fingerprint density at radius 1 is 0.673 bits per heavy atom. The number of benzene rings is 2. The van der Waals surface area contributed by atoms with E-state index in [4.69, 9.17) is 32.9 Å². The van der Waals surface area contributed by atoms with Gasteiger partial charge in [-0.15, -0.1) is 0 Å². The summed E-state index contributed by atoms with van der Waals surface area (Å²) >= 11 is 0. The van der Waals surface area contributed by atoms with Gasteiger partial charge in [0.15, 0.2) is 17.7 Å². The minimum atomic E-state index is -3.19. The summed E-state index contributed by atoms with van der Waals surface area (Å²) in [7, 11) is -3.19. The van der Waals surface area contributed by atoms with Gasteiger partial charge in [0.25, 0.3) is 8.32 Å². The molecule has 0 unspecified atom stereocenters. The fourth-order valence-electron chi connectivity index (χ4n) is 9.68. The number of hydrogen-bond donors (Lipinski definition) is 0. The quantitative estimate of drug-likeness (QED) is 0.233. The normalized spacial score (nSPS) is 32.6. The standard InChI is InChI=1S/C42H57NO8Si/c1-39(2,3)31-27-30(50-43-31)38(44)45-32-33-34(47-41(46-33)23-15-9-16-24-41)35-36(49-42(48-35)25-17-10-18-26-42)37(32)51-52(40(4,5)6,28-19-11-7-12-20-28)29-21-13-8-14-22-29/h7-8,11-14,19-22,30,32-37H,9-10,15-18,23-27H2,1-6H3/t30-,32+,33+,34+,35-,36-,37-/m1/s1. The fourth-order valence-corrected chi connectivity index (χ4v) is 14.4. The first kappa shape index (κ1) is 36.4. The van der Waals surface area contributed by atoms with Gasteiger partial charge in [0, 0.05) is 37.5 Å². The predicted octanol–water partition coefficient (Wildman–Crippen LogP) is 6.94. The van der Waals surface area contributed by atoms with E-state index in [1.54, 1.807) is 0 Å². The van der Waals surface area contributed by atoms with Crippen molar-refractivity contribution in [3.63, 3.8) is 0 Å². The van der Waals surface area contributed by atoms with Gasteiger partial charge >= 0.3 is 5.97 Å². The van der Waals surface area contributed by atoms with E-state index in [9.17, 15) is 4.79 Å². The third-order valence-electron chi connectivity index (χ3n) is 12.4. The minimum absolute atomic E-state index is 0.230. The Bertz CT molecular complexity index is 1570. The predicted molar refractivity (Wildman–Crippen MR) is 200 cm³/mol. The molecule has 2 aromatic carbocycles. The van der Waals surface area contributed by atoms with Crippen LogP contribution in [-0.4, -0.2) is 74.3 Å². The molecule has 0 amide bonds. The van der Waals surface area contributed by atoms with Crippen molar-refractivity contribution in [2.75, 3.05) is 0 Å². The molecule has 5 fully saturated rings. The summed E-state index contributed by atoms with van der Waals surface area (Å²) in [6.07, 6.45) is 5.48. The first-order valence-corrected chi connectivity index (χ1v) is 21.7. The lowest BCUT2D eigenvalue weighted by molar-refractivity contribution is -0.226. The molecule has 3 saturated carbocycles. The molecule has 0 radical (unpaired) electrons. The first-order chi connectivity index (χ1) is 24.8. The maximum absolute atomic E-state index is 14.3. The average Bonchev–Trinajstić information content (AvgIpc) is 3.86. The Balaban J connectivity index is 1.25. The van der Waals surface area contributed by atoms with Crippen molar-refractivity contribution in [2.45, 2.75) is 172 Å². The van der Waals surface area contributed by atoms with E-state index in [1.165, 1.54) is 0 Å². The smallest absolute Gasteiger partial charge is 0.351 e. The van der Waals surface area contributed by atoms with E-state index in [0.717, 1.165) is 80.3 Å². The molecule has 2 spiro atoms. The highest BCUT2D eigenvalue weighted by atomic mass is 28.4. The van der Waals surface area contributed by atoms with Gasteiger partial charge in [-0.3, -0.25) is 0 Å². The Labute approximate surface area is 310 Å². The molecule has 8 rings (SSSR count). The van der Waals surface area contributed by atoms with Crippen molar-refractivity contribution < 1.29 is 37.7 Å². The lowest BCUT2D eigenvalue weighted by Crippen LogP contribution is -2.73. The second kappa shape index (κ2) is 13.6. The molecule has 282 valence electrons. The highest BCUT2D eigenvalue weighted by Gasteiger charge is 2.69. The van der Waals surface area contributed by atoms with Gasteiger partial charge < -0.3 is 32.9 Å². The summed E-state index contributed by atoms with van der Waals surface area (Å²) in [5, 5.41) is 6.27. The second-order valence-electron chi connectivity index (χ2n) is 18.0. The topological polar surface area (TPSA) is 94.0 Å². The van der Waals surface area contributed by atoms with Gasteiger partial charge in [-0.25, -0.2) is 4.79 Å². The highest BCUT2D eigenvalue weighted by molar-refractivity contribution is 6.99. The van der Waals surface area contributed by atoms with E-state index in [2.05, 4.69) is 95.2 Å². The summed E-state index contributed by atoms with van der Waals surface area (Å²) in [5.41, 5.74) is 0.608. The molecule has 10 heteroatoms.